The lowest BCUT2D eigenvalue weighted by molar-refractivity contribution is -0.119. The Bertz CT molecular complexity index is 882. The molecule has 148 valence electrons. The molecule has 0 fully saturated rings. The maximum absolute atomic E-state index is 13.1. The van der Waals surface area contributed by atoms with Crippen LogP contribution in [0.2, 0.25) is 0 Å². The Labute approximate surface area is 161 Å². The van der Waals surface area contributed by atoms with Crippen LogP contribution in [0.1, 0.15) is 34.6 Å². The SMILES string of the molecule is CCN(CC)C(=O)c1cccc(NC(=O)COC(=O)c2ccc(F)c(F)c2)c1. The minimum atomic E-state index is -1.19. The summed E-state index contributed by atoms with van der Waals surface area (Å²) in [5.74, 6) is -4.03. The van der Waals surface area contributed by atoms with E-state index in [-0.39, 0.29) is 11.5 Å². The Morgan fingerprint density at radius 2 is 1.68 bits per heavy atom. The predicted molar refractivity (Wildman–Crippen MR) is 99.0 cm³/mol. The Kier molecular flexibility index (Phi) is 7.20. The van der Waals surface area contributed by atoms with Crippen molar-refractivity contribution in [3.63, 3.8) is 0 Å². The van der Waals surface area contributed by atoms with E-state index in [2.05, 4.69) is 5.32 Å². The molecule has 0 bridgehead atoms. The first-order chi connectivity index (χ1) is 13.3. The molecule has 2 amide bonds. The lowest BCUT2D eigenvalue weighted by atomic mass is 10.1. The molecule has 0 spiro atoms. The fourth-order valence-corrected chi connectivity index (χ4v) is 2.46. The van der Waals surface area contributed by atoms with Crippen LogP contribution < -0.4 is 5.32 Å². The number of halogens is 2. The van der Waals surface area contributed by atoms with Crippen LogP contribution in [0, 0.1) is 11.6 Å². The van der Waals surface area contributed by atoms with Crippen LogP contribution in [0.4, 0.5) is 14.5 Å². The average molecular weight is 390 g/mol. The molecule has 0 saturated heterocycles. The number of carbonyl (C=O) groups excluding carboxylic acids is 3. The van der Waals surface area contributed by atoms with Crippen LogP contribution in [0.3, 0.4) is 0 Å². The van der Waals surface area contributed by atoms with Crippen LogP contribution >= 0.6 is 0 Å². The molecule has 28 heavy (non-hydrogen) atoms. The Morgan fingerprint density at radius 1 is 0.964 bits per heavy atom. The molecule has 2 aromatic carbocycles. The number of hydrogen-bond acceptors (Lipinski definition) is 4. The molecule has 0 aromatic heterocycles. The number of rotatable bonds is 7. The van der Waals surface area contributed by atoms with E-state index in [4.69, 9.17) is 4.74 Å². The smallest absolute Gasteiger partial charge is 0.338 e. The highest BCUT2D eigenvalue weighted by atomic mass is 19.2. The highest BCUT2D eigenvalue weighted by Crippen LogP contribution is 2.13. The van der Waals surface area contributed by atoms with Gasteiger partial charge in [0.15, 0.2) is 18.2 Å². The second kappa shape index (κ2) is 9.59. The maximum Gasteiger partial charge on any atom is 0.338 e. The largest absolute Gasteiger partial charge is 0.452 e. The van der Waals surface area contributed by atoms with Gasteiger partial charge in [-0.25, -0.2) is 13.6 Å². The Hall–Kier alpha value is -3.29. The first kappa shape index (κ1) is 21.0. The summed E-state index contributed by atoms with van der Waals surface area (Å²) in [5, 5.41) is 2.52. The van der Waals surface area contributed by atoms with Crippen molar-refractivity contribution < 1.29 is 27.9 Å². The summed E-state index contributed by atoms with van der Waals surface area (Å²) in [7, 11) is 0. The van der Waals surface area contributed by atoms with Crippen LogP contribution in [0.5, 0.6) is 0 Å². The third-order valence-electron chi connectivity index (χ3n) is 3.93. The summed E-state index contributed by atoms with van der Waals surface area (Å²) < 4.78 is 30.8. The van der Waals surface area contributed by atoms with E-state index in [0.29, 0.717) is 30.4 Å². The summed E-state index contributed by atoms with van der Waals surface area (Å²) in [6.45, 7) is 4.24. The van der Waals surface area contributed by atoms with Gasteiger partial charge in [0.05, 0.1) is 5.56 Å². The van der Waals surface area contributed by atoms with E-state index >= 15 is 0 Å². The van der Waals surface area contributed by atoms with E-state index in [0.717, 1.165) is 12.1 Å². The van der Waals surface area contributed by atoms with E-state index in [1.807, 2.05) is 13.8 Å². The van der Waals surface area contributed by atoms with Gasteiger partial charge >= 0.3 is 5.97 Å². The third-order valence-corrected chi connectivity index (χ3v) is 3.93. The molecule has 0 saturated carbocycles. The van der Waals surface area contributed by atoms with Gasteiger partial charge in [-0.2, -0.15) is 0 Å². The van der Waals surface area contributed by atoms with Crippen molar-refractivity contribution in [1.29, 1.82) is 0 Å². The third kappa shape index (κ3) is 5.35. The summed E-state index contributed by atoms with van der Waals surface area (Å²) >= 11 is 0. The molecular formula is C20H20F2N2O4. The lowest BCUT2D eigenvalue weighted by Gasteiger charge is -2.19. The molecule has 0 heterocycles. The number of carbonyl (C=O) groups is 3. The van der Waals surface area contributed by atoms with Crippen molar-refractivity contribution in [2.45, 2.75) is 13.8 Å². The van der Waals surface area contributed by atoms with Crippen molar-refractivity contribution in [1.82, 2.24) is 4.90 Å². The number of amides is 2. The van der Waals surface area contributed by atoms with Gasteiger partial charge in [0.25, 0.3) is 11.8 Å². The molecule has 1 N–H and O–H groups in total. The fraction of sp³-hybridized carbons (Fsp3) is 0.250. The van der Waals surface area contributed by atoms with Gasteiger partial charge in [-0.15, -0.1) is 0 Å². The zero-order valence-electron chi connectivity index (χ0n) is 15.5. The standard InChI is InChI=1S/C20H20F2N2O4/c1-3-24(4-2)19(26)13-6-5-7-15(10-13)23-18(25)12-28-20(27)14-8-9-16(21)17(22)11-14/h5-11H,3-4,12H2,1-2H3,(H,23,25). The number of nitrogens with zero attached hydrogens (tertiary/aromatic N) is 1. The van der Waals surface area contributed by atoms with Crippen molar-refractivity contribution >= 4 is 23.5 Å². The lowest BCUT2D eigenvalue weighted by Crippen LogP contribution is -2.30. The first-order valence-electron chi connectivity index (χ1n) is 8.67. The zero-order valence-corrected chi connectivity index (χ0v) is 15.5. The van der Waals surface area contributed by atoms with Gasteiger partial charge in [-0.3, -0.25) is 9.59 Å². The zero-order chi connectivity index (χ0) is 20.7. The Balaban J connectivity index is 1.96. The number of anilines is 1. The van der Waals surface area contributed by atoms with Crippen molar-refractivity contribution in [2.75, 3.05) is 25.0 Å². The number of hydrogen-bond donors (Lipinski definition) is 1. The predicted octanol–water partition coefficient (Wildman–Crippen LogP) is 3.24. The van der Waals surface area contributed by atoms with Crippen molar-refractivity contribution in [3.05, 3.63) is 65.2 Å². The van der Waals surface area contributed by atoms with Gasteiger partial charge in [0, 0.05) is 24.3 Å². The fourth-order valence-electron chi connectivity index (χ4n) is 2.46. The summed E-state index contributed by atoms with van der Waals surface area (Å²) in [6, 6.07) is 8.92. The number of esters is 1. The van der Waals surface area contributed by atoms with Crippen LogP contribution in [0.25, 0.3) is 0 Å². The highest BCUT2D eigenvalue weighted by Gasteiger charge is 2.15. The van der Waals surface area contributed by atoms with Gasteiger partial charge in [0.2, 0.25) is 0 Å². The van der Waals surface area contributed by atoms with Crippen molar-refractivity contribution in [3.8, 4) is 0 Å². The molecule has 0 aliphatic carbocycles. The molecule has 0 aliphatic heterocycles. The minimum Gasteiger partial charge on any atom is -0.452 e. The molecule has 2 rings (SSSR count). The molecule has 6 nitrogen and oxygen atoms in total. The van der Waals surface area contributed by atoms with Crippen LogP contribution in [-0.4, -0.2) is 42.4 Å². The molecule has 0 unspecified atom stereocenters. The number of ether oxygens (including phenoxy) is 1. The van der Waals surface area contributed by atoms with Gasteiger partial charge < -0.3 is 15.0 Å². The minimum absolute atomic E-state index is 0.161. The maximum atomic E-state index is 13.1. The normalized spacial score (nSPS) is 10.3. The molecular weight excluding hydrogens is 370 g/mol. The highest BCUT2D eigenvalue weighted by molar-refractivity contribution is 5.98. The topological polar surface area (TPSA) is 75.7 Å². The summed E-state index contributed by atoms with van der Waals surface area (Å²) in [6.07, 6.45) is 0. The monoisotopic (exact) mass is 390 g/mol. The summed E-state index contributed by atoms with van der Waals surface area (Å²) in [4.78, 5) is 37.8. The van der Waals surface area contributed by atoms with Gasteiger partial charge in [-0.05, 0) is 50.2 Å². The number of nitrogens with one attached hydrogen (secondary N) is 1. The van der Waals surface area contributed by atoms with Crippen molar-refractivity contribution in [2.24, 2.45) is 0 Å². The van der Waals surface area contributed by atoms with E-state index < -0.39 is 30.1 Å². The number of benzene rings is 2. The van der Waals surface area contributed by atoms with E-state index in [9.17, 15) is 23.2 Å². The second-order valence-corrected chi connectivity index (χ2v) is 5.81. The van der Waals surface area contributed by atoms with E-state index in [1.54, 1.807) is 23.1 Å². The van der Waals surface area contributed by atoms with Crippen LogP contribution in [-0.2, 0) is 9.53 Å². The average Bonchev–Trinajstić information content (AvgIpc) is 2.69. The molecule has 0 aliphatic rings. The van der Waals surface area contributed by atoms with Crippen LogP contribution in [0.15, 0.2) is 42.5 Å². The van der Waals surface area contributed by atoms with Gasteiger partial charge in [0.1, 0.15) is 0 Å². The second-order valence-electron chi connectivity index (χ2n) is 5.81. The molecule has 8 heteroatoms. The van der Waals surface area contributed by atoms with E-state index in [1.165, 1.54) is 6.07 Å². The molecule has 0 radical (unpaired) electrons. The molecule has 0 atom stereocenters. The Morgan fingerprint density at radius 3 is 2.32 bits per heavy atom. The first-order valence-corrected chi connectivity index (χ1v) is 8.67. The summed E-state index contributed by atoms with van der Waals surface area (Å²) in [5.41, 5.74) is 0.575. The molecule has 2 aromatic rings. The quantitative estimate of drug-likeness (QED) is 0.737. The van der Waals surface area contributed by atoms with Gasteiger partial charge in [-0.1, -0.05) is 6.07 Å².